The molecule has 2 heterocycles. The SMILES string of the molecule is NC(=O)CONC(=O)c1cc2c(s1)CCSC2. The van der Waals surface area contributed by atoms with Gasteiger partial charge in [0.2, 0.25) is 5.91 Å². The molecule has 0 radical (unpaired) electrons. The van der Waals surface area contributed by atoms with Crippen molar-refractivity contribution >= 4 is 34.9 Å². The van der Waals surface area contributed by atoms with Crippen LogP contribution in [0.4, 0.5) is 0 Å². The van der Waals surface area contributed by atoms with Gasteiger partial charge in [0.15, 0.2) is 6.61 Å². The van der Waals surface area contributed by atoms with E-state index in [-0.39, 0.29) is 12.5 Å². The van der Waals surface area contributed by atoms with Crippen LogP contribution in [-0.4, -0.2) is 24.2 Å². The largest absolute Gasteiger partial charge is 0.368 e. The number of rotatable bonds is 4. The van der Waals surface area contributed by atoms with Crippen LogP contribution in [0.5, 0.6) is 0 Å². The molecule has 0 unspecified atom stereocenters. The van der Waals surface area contributed by atoms with E-state index >= 15 is 0 Å². The molecule has 0 aliphatic carbocycles. The standard InChI is InChI=1S/C10H12N2O3S2/c11-9(13)4-15-12-10(14)8-3-6-5-16-2-1-7(6)17-8/h3H,1-2,4-5H2,(H2,11,13)(H,12,14). The molecule has 1 aliphatic rings. The van der Waals surface area contributed by atoms with Crippen LogP contribution < -0.4 is 11.2 Å². The molecule has 1 aliphatic heterocycles. The molecule has 0 saturated heterocycles. The Morgan fingerprint density at radius 1 is 1.53 bits per heavy atom. The fourth-order valence-electron chi connectivity index (χ4n) is 1.48. The summed E-state index contributed by atoms with van der Waals surface area (Å²) in [5.74, 6) is 1.12. The van der Waals surface area contributed by atoms with Gasteiger partial charge in [-0.15, -0.1) is 11.3 Å². The van der Waals surface area contributed by atoms with Gasteiger partial charge in [-0.25, -0.2) is 5.48 Å². The van der Waals surface area contributed by atoms with Crippen LogP contribution in [0.3, 0.4) is 0 Å². The van der Waals surface area contributed by atoms with E-state index in [1.807, 2.05) is 17.8 Å². The van der Waals surface area contributed by atoms with Crippen LogP contribution in [0.1, 0.15) is 20.1 Å². The molecule has 0 fully saturated rings. The van der Waals surface area contributed by atoms with E-state index in [1.165, 1.54) is 21.8 Å². The Balaban J connectivity index is 1.95. The first-order valence-corrected chi connectivity index (χ1v) is 7.03. The summed E-state index contributed by atoms with van der Waals surface area (Å²) in [5, 5.41) is 0. The second-order valence-electron chi connectivity index (χ2n) is 3.55. The molecule has 0 bridgehead atoms. The van der Waals surface area contributed by atoms with Crippen LogP contribution in [0.2, 0.25) is 0 Å². The van der Waals surface area contributed by atoms with Crippen LogP contribution in [-0.2, 0) is 21.8 Å². The monoisotopic (exact) mass is 272 g/mol. The zero-order chi connectivity index (χ0) is 12.3. The van der Waals surface area contributed by atoms with Gasteiger partial charge in [-0.05, 0) is 23.8 Å². The van der Waals surface area contributed by atoms with E-state index in [9.17, 15) is 9.59 Å². The van der Waals surface area contributed by atoms with Crippen molar-refractivity contribution in [3.8, 4) is 0 Å². The predicted molar refractivity (Wildman–Crippen MR) is 66.8 cm³/mol. The first-order valence-electron chi connectivity index (χ1n) is 5.06. The molecular weight excluding hydrogens is 260 g/mol. The van der Waals surface area contributed by atoms with Gasteiger partial charge in [0.1, 0.15) is 0 Å². The molecule has 0 spiro atoms. The summed E-state index contributed by atoms with van der Waals surface area (Å²) < 4.78 is 0. The summed E-state index contributed by atoms with van der Waals surface area (Å²) in [7, 11) is 0. The number of aryl methyl sites for hydroxylation is 1. The molecule has 3 N–H and O–H groups in total. The van der Waals surface area contributed by atoms with Gasteiger partial charge in [0, 0.05) is 10.6 Å². The van der Waals surface area contributed by atoms with Gasteiger partial charge < -0.3 is 5.73 Å². The number of hydrogen-bond donors (Lipinski definition) is 2. The highest BCUT2D eigenvalue weighted by Gasteiger charge is 2.17. The zero-order valence-electron chi connectivity index (χ0n) is 9.02. The average Bonchev–Trinajstić information content (AvgIpc) is 2.71. The number of hydrogen-bond acceptors (Lipinski definition) is 5. The molecule has 0 atom stereocenters. The number of amides is 2. The Morgan fingerprint density at radius 2 is 2.35 bits per heavy atom. The number of thiophene rings is 1. The van der Waals surface area contributed by atoms with E-state index in [1.54, 1.807) is 0 Å². The van der Waals surface area contributed by atoms with E-state index in [0.717, 1.165) is 17.9 Å². The topological polar surface area (TPSA) is 81.4 Å². The smallest absolute Gasteiger partial charge is 0.284 e. The van der Waals surface area contributed by atoms with E-state index < -0.39 is 5.91 Å². The third-order valence-electron chi connectivity index (χ3n) is 2.23. The Hall–Kier alpha value is -1.05. The van der Waals surface area contributed by atoms with Crippen molar-refractivity contribution in [2.45, 2.75) is 12.2 Å². The Labute approximate surface area is 107 Å². The van der Waals surface area contributed by atoms with Crippen molar-refractivity contribution in [2.75, 3.05) is 12.4 Å². The van der Waals surface area contributed by atoms with Crippen molar-refractivity contribution in [3.63, 3.8) is 0 Å². The van der Waals surface area contributed by atoms with Gasteiger partial charge in [-0.3, -0.25) is 14.4 Å². The minimum absolute atomic E-state index is 0.313. The summed E-state index contributed by atoms with van der Waals surface area (Å²) in [6.45, 7) is -0.313. The highest BCUT2D eigenvalue weighted by Crippen LogP contribution is 2.31. The molecule has 17 heavy (non-hydrogen) atoms. The molecule has 2 rings (SSSR count). The maximum absolute atomic E-state index is 11.7. The molecule has 2 amide bonds. The minimum atomic E-state index is -0.618. The number of fused-ring (bicyclic) bond motifs is 1. The quantitative estimate of drug-likeness (QED) is 0.790. The minimum Gasteiger partial charge on any atom is -0.368 e. The highest BCUT2D eigenvalue weighted by atomic mass is 32.2. The maximum Gasteiger partial charge on any atom is 0.284 e. The number of thioether (sulfide) groups is 1. The maximum atomic E-state index is 11.7. The van der Waals surface area contributed by atoms with Crippen molar-refractivity contribution in [1.29, 1.82) is 0 Å². The van der Waals surface area contributed by atoms with Crippen LogP contribution in [0.15, 0.2) is 6.07 Å². The number of nitrogens with two attached hydrogens (primary N) is 1. The summed E-state index contributed by atoms with van der Waals surface area (Å²) in [5.41, 5.74) is 8.31. The van der Waals surface area contributed by atoms with Crippen molar-refractivity contribution < 1.29 is 14.4 Å². The number of hydroxylamine groups is 1. The fourth-order valence-corrected chi connectivity index (χ4v) is 3.74. The van der Waals surface area contributed by atoms with E-state index in [2.05, 4.69) is 10.3 Å². The number of primary amides is 1. The van der Waals surface area contributed by atoms with Crippen LogP contribution in [0, 0.1) is 0 Å². The lowest BCUT2D eigenvalue weighted by atomic mass is 10.2. The van der Waals surface area contributed by atoms with E-state index in [4.69, 9.17) is 5.73 Å². The average molecular weight is 272 g/mol. The van der Waals surface area contributed by atoms with Crippen molar-refractivity contribution in [2.24, 2.45) is 5.73 Å². The molecular formula is C10H12N2O3S2. The first-order chi connectivity index (χ1) is 8.16. The molecule has 5 nitrogen and oxygen atoms in total. The summed E-state index contributed by atoms with van der Waals surface area (Å²) >= 11 is 3.35. The molecule has 1 aromatic heterocycles. The lowest BCUT2D eigenvalue weighted by Gasteiger charge is -2.08. The number of carbonyl (C=O) groups excluding carboxylic acids is 2. The summed E-state index contributed by atoms with van der Waals surface area (Å²) in [6, 6.07) is 1.88. The van der Waals surface area contributed by atoms with Gasteiger partial charge in [0.25, 0.3) is 5.91 Å². The Bertz CT molecular complexity index is 421. The third kappa shape index (κ3) is 3.21. The van der Waals surface area contributed by atoms with Gasteiger partial charge >= 0.3 is 0 Å². The van der Waals surface area contributed by atoms with Crippen LogP contribution >= 0.6 is 23.1 Å². The molecule has 7 heteroatoms. The van der Waals surface area contributed by atoms with Gasteiger partial charge in [0.05, 0.1) is 4.88 Å². The third-order valence-corrected chi connectivity index (χ3v) is 4.47. The number of nitrogens with one attached hydrogen (secondary N) is 1. The first kappa shape index (κ1) is 12.4. The van der Waals surface area contributed by atoms with Crippen LogP contribution in [0.25, 0.3) is 0 Å². The molecule has 92 valence electrons. The predicted octanol–water partition coefficient (Wildman–Crippen LogP) is 0.684. The lowest BCUT2D eigenvalue weighted by Crippen LogP contribution is -2.28. The van der Waals surface area contributed by atoms with Gasteiger partial charge in [-0.1, -0.05) is 0 Å². The molecule has 0 aromatic carbocycles. The lowest BCUT2D eigenvalue weighted by molar-refractivity contribution is -0.124. The summed E-state index contributed by atoms with van der Waals surface area (Å²) in [6.07, 6.45) is 1.01. The second-order valence-corrected chi connectivity index (χ2v) is 5.79. The Morgan fingerprint density at radius 3 is 3.06 bits per heavy atom. The number of carbonyl (C=O) groups is 2. The Kier molecular flexibility index (Phi) is 4.03. The molecule has 1 aromatic rings. The summed E-state index contributed by atoms with van der Waals surface area (Å²) in [4.78, 5) is 28.6. The van der Waals surface area contributed by atoms with Crippen molar-refractivity contribution in [3.05, 3.63) is 21.4 Å². The van der Waals surface area contributed by atoms with Crippen molar-refractivity contribution in [1.82, 2.24) is 5.48 Å². The zero-order valence-corrected chi connectivity index (χ0v) is 10.7. The molecule has 0 saturated carbocycles. The fraction of sp³-hybridized carbons (Fsp3) is 0.400. The highest BCUT2D eigenvalue weighted by molar-refractivity contribution is 7.98. The van der Waals surface area contributed by atoms with Gasteiger partial charge in [-0.2, -0.15) is 11.8 Å². The van der Waals surface area contributed by atoms with E-state index in [0.29, 0.717) is 4.88 Å². The second kappa shape index (κ2) is 5.52. The normalized spacial score (nSPS) is 14.1.